The Hall–Kier alpha value is -0.370. The van der Waals surface area contributed by atoms with Crippen LogP contribution >= 0.6 is 11.8 Å². The van der Waals surface area contributed by atoms with Crippen LogP contribution in [0.15, 0.2) is 27.9 Å². The fourth-order valence-corrected chi connectivity index (χ4v) is 0.609. The third-order valence-corrected chi connectivity index (χ3v) is 1.23. The summed E-state index contributed by atoms with van der Waals surface area (Å²) in [4.78, 5) is 1.07. The van der Waals surface area contributed by atoms with Crippen molar-refractivity contribution in [1.29, 1.82) is 0 Å². The summed E-state index contributed by atoms with van der Waals surface area (Å²) in [7, 11) is 0. The van der Waals surface area contributed by atoms with Crippen molar-refractivity contribution in [3.63, 3.8) is 0 Å². The molecule has 0 saturated heterocycles. The highest BCUT2D eigenvalue weighted by Gasteiger charge is 1.84. The molecule has 7 heavy (non-hydrogen) atoms. The van der Waals surface area contributed by atoms with E-state index in [9.17, 15) is 0 Å². The molecule has 0 aromatic carbocycles. The van der Waals surface area contributed by atoms with Crippen LogP contribution in [0.1, 0.15) is 0 Å². The summed E-state index contributed by atoms with van der Waals surface area (Å²) in [6.07, 6.45) is 6.88. The minimum Gasteiger partial charge on any atom is -0.471 e. The van der Waals surface area contributed by atoms with Crippen LogP contribution in [-0.2, 0) is 0 Å². The van der Waals surface area contributed by atoms with E-state index in [1.165, 1.54) is 11.8 Å². The Morgan fingerprint density at radius 3 is 2.86 bits per heavy atom. The van der Waals surface area contributed by atoms with Gasteiger partial charge >= 0.3 is 0 Å². The Bertz CT molecular complexity index is 123. The molecule has 0 spiro atoms. The van der Waals surface area contributed by atoms with Crippen LogP contribution in [0.3, 0.4) is 0 Å². The first kappa shape index (κ1) is 4.78. The van der Waals surface area contributed by atoms with Crippen molar-refractivity contribution in [3.05, 3.63) is 24.8 Å². The van der Waals surface area contributed by atoms with E-state index >= 15 is 0 Å². The van der Waals surface area contributed by atoms with Crippen LogP contribution in [0.25, 0.3) is 0 Å². The molecule has 0 aliphatic heterocycles. The molecule has 1 radical (unpaired) electrons. The van der Waals surface area contributed by atoms with E-state index in [-0.39, 0.29) is 0 Å². The average molecular weight is 113 g/mol. The first-order valence-corrected chi connectivity index (χ1v) is 2.86. The van der Waals surface area contributed by atoms with Gasteiger partial charge in [-0.05, 0) is 6.07 Å². The number of rotatable bonds is 1. The fraction of sp³-hybridized carbons (Fsp3) is 0. The highest BCUT2D eigenvalue weighted by molar-refractivity contribution is 8.00. The Morgan fingerprint density at radius 1 is 1.71 bits per heavy atom. The summed E-state index contributed by atoms with van der Waals surface area (Å²) in [6.45, 7) is 0. The molecule has 1 heterocycles. The van der Waals surface area contributed by atoms with E-state index in [0.29, 0.717) is 0 Å². The van der Waals surface area contributed by atoms with Gasteiger partial charge in [-0.25, -0.2) is 0 Å². The quantitative estimate of drug-likeness (QED) is 0.518. The molecule has 0 aliphatic rings. The topological polar surface area (TPSA) is 13.1 Å². The molecule has 1 aromatic rings. The number of furan rings is 1. The van der Waals surface area contributed by atoms with Gasteiger partial charge in [0, 0.05) is 11.2 Å². The van der Waals surface area contributed by atoms with E-state index in [4.69, 9.17) is 4.42 Å². The Balaban J connectivity index is 2.76. The standard InChI is InChI=1S/C5H5OS/c1-7-5-2-3-6-4-5/h2-4H,1H2. The van der Waals surface area contributed by atoms with Crippen LogP contribution in [-0.4, -0.2) is 0 Å². The first-order chi connectivity index (χ1) is 3.43. The van der Waals surface area contributed by atoms with E-state index in [2.05, 4.69) is 6.26 Å². The largest absolute Gasteiger partial charge is 0.471 e. The van der Waals surface area contributed by atoms with Crippen LogP contribution in [0.2, 0.25) is 0 Å². The summed E-state index contributed by atoms with van der Waals surface area (Å²) in [5.41, 5.74) is 0. The molecule has 2 heteroatoms. The zero-order valence-corrected chi connectivity index (χ0v) is 4.57. The highest BCUT2D eigenvalue weighted by Crippen LogP contribution is 2.14. The summed E-state index contributed by atoms with van der Waals surface area (Å²) in [6, 6.07) is 1.87. The van der Waals surface area contributed by atoms with E-state index < -0.39 is 0 Å². The van der Waals surface area contributed by atoms with Crippen LogP contribution in [0, 0.1) is 6.26 Å². The van der Waals surface area contributed by atoms with E-state index in [1.54, 1.807) is 12.5 Å². The highest BCUT2D eigenvalue weighted by atomic mass is 32.2. The fourth-order valence-electron chi connectivity index (χ4n) is 0.334. The molecule has 0 fully saturated rings. The minimum atomic E-state index is 1.07. The van der Waals surface area contributed by atoms with Gasteiger partial charge < -0.3 is 4.42 Å². The molecule has 0 unspecified atom stereocenters. The molecular weight excluding hydrogens is 108 g/mol. The maximum Gasteiger partial charge on any atom is 0.104 e. The van der Waals surface area contributed by atoms with Gasteiger partial charge in [-0.3, -0.25) is 0 Å². The lowest BCUT2D eigenvalue weighted by molar-refractivity contribution is 0.562. The van der Waals surface area contributed by atoms with Gasteiger partial charge in [-0.1, -0.05) is 0 Å². The predicted molar refractivity (Wildman–Crippen MR) is 29.9 cm³/mol. The molecule has 1 nitrogen and oxygen atoms in total. The molecule has 0 atom stereocenters. The number of hydrogen-bond donors (Lipinski definition) is 0. The predicted octanol–water partition coefficient (Wildman–Crippen LogP) is 2.16. The molecule has 0 bridgehead atoms. The maximum atomic E-state index is 4.74. The molecule has 0 N–H and O–H groups in total. The zero-order valence-electron chi connectivity index (χ0n) is 3.76. The second-order valence-electron chi connectivity index (χ2n) is 1.10. The molecule has 1 aromatic heterocycles. The van der Waals surface area contributed by atoms with E-state index in [0.717, 1.165) is 4.90 Å². The second-order valence-corrected chi connectivity index (χ2v) is 1.86. The van der Waals surface area contributed by atoms with Crippen molar-refractivity contribution in [2.24, 2.45) is 0 Å². The molecule has 0 aliphatic carbocycles. The molecule has 1 rings (SSSR count). The lowest BCUT2D eigenvalue weighted by Gasteiger charge is -1.76. The van der Waals surface area contributed by atoms with Gasteiger partial charge in [0.25, 0.3) is 0 Å². The summed E-state index contributed by atoms with van der Waals surface area (Å²) >= 11 is 1.43. The Morgan fingerprint density at radius 2 is 2.57 bits per heavy atom. The van der Waals surface area contributed by atoms with Gasteiger partial charge in [-0.2, -0.15) is 0 Å². The minimum absolute atomic E-state index is 1.07. The zero-order chi connectivity index (χ0) is 5.11. The van der Waals surface area contributed by atoms with Crippen LogP contribution in [0.4, 0.5) is 0 Å². The van der Waals surface area contributed by atoms with E-state index in [1.807, 2.05) is 6.07 Å². The lowest BCUT2D eigenvalue weighted by Crippen LogP contribution is -1.47. The van der Waals surface area contributed by atoms with Crippen LogP contribution < -0.4 is 0 Å². The molecular formula is C5H5OS. The van der Waals surface area contributed by atoms with Crippen molar-refractivity contribution in [1.82, 2.24) is 0 Å². The summed E-state index contributed by atoms with van der Waals surface area (Å²) in [5, 5.41) is 0. The smallest absolute Gasteiger partial charge is 0.104 e. The number of thioether (sulfide) groups is 1. The molecule has 0 amide bonds. The second kappa shape index (κ2) is 2.07. The molecule has 37 valence electrons. The van der Waals surface area contributed by atoms with Gasteiger partial charge in [-0.15, -0.1) is 11.8 Å². The van der Waals surface area contributed by atoms with Crippen molar-refractivity contribution in [3.8, 4) is 0 Å². The SMILES string of the molecule is [CH2]Sc1ccoc1. The van der Waals surface area contributed by atoms with Crippen LogP contribution in [0.5, 0.6) is 0 Å². The van der Waals surface area contributed by atoms with Crippen molar-refractivity contribution >= 4 is 11.8 Å². The van der Waals surface area contributed by atoms with Gasteiger partial charge in [0.05, 0.1) is 6.26 Å². The van der Waals surface area contributed by atoms with Crippen molar-refractivity contribution < 1.29 is 4.42 Å². The third-order valence-electron chi connectivity index (χ3n) is 0.662. The van der Waals surface area contributed by atoms with Gasteiger partial charge in [0.2, 0.25) is 0 Å². The average Bonchev–Trinajstić information content (AvgIpc) is 2.14. The monoisotopic (exact) mass is 113 g/mol. The van der Waals surface area contributed by atoms with Crippen molar-refractivity contribution in [2.45, 2.75) is 4.90 Å². The normalized spacial score (nSPS) is 9.29. The summed E-state index contributed by atoms with van der Waals surface area (Å²) < 4.78 is 4.74. The van der Waals surface area contributed by atoms with Gasteiger partial charge in [0.15, 0.2) is 0 Å². The third kappa shape index (κ3) is 0.996. The Labute approximate surface area is 46.7 Å². The first-order valence-electron chi connectivity index (χ1n) is 1.87. The maximum absolute atomic E-state index is 4.74. The molecule has 0 saturated carbocycles. The van der Waals surface area contributed by atoms with Gasteiger partial charge in [0.1, 0.15) is 6.26 Å². The van der Waals surface area contributed by atoms with Crippen molar-refractivity contribution in [2.75, 3.05) is 0 Å². The lowest BCUT2D eigenvalue weighted by atomic mass is 10.7. The number of hydrogen-bond acceptors (Lipinski definition) is 2. The summed E-state index contributed by atoms with van der Waals surface area (Å²) in [5.74, 6) is 0. The Kier molecular flexibility index (Phi) is 1.42.